The number of halogens is 2. The van der Waals surface area contributed by atoms with Gasteiger partial charge in [0.25, 0.3) is 0 Å². The number of nitrogens with zero attached hydrogens (tertiary/aromatic N) is 1. The first-order chi connectivity index (χ1) is 10.0. The van der Waals surface area contributed by atoms with Gasteiger partial charge < -0.3 is 5.32 Å². The zero-order valence-corrected chi connectivity index (χ0v) is 14.1. The van der Waals surface area contributed by atoms with Gasteiger partial charge in [0.15, 0.2) is 0 Å². The average Bonchev–Trinajstić information content (AvgIpc) is 2.44. The Labute approximate surface area is 136 Å². The fourth-order valence-electron chi connectivity index (χ4n) is 2.41. The van der Waals surface area contributed by atoms with E-state index in [1.807, 2.05) is 25.3 Å². The molecule has 0 saturated heterocycles. The number of pyridine rings is 1. The first-order valence-corrected chi connectivity index (χ1v) is 7.90. The van der Waals surface area contributed by atoms with Crippen molar-refractivity contribution in [3.63, 3.8) is 0 Å². The van der Waals surface area contributed by atoms with Crippen LogP contribution < -0.4 is 5.32 Å². The first-order valence-electron chi connectivity index (χ1n) is 7.14. The molecule has 2 aromatic rings. The Hall–Kier alpha value is -1.09. The highest BCUT2D eigenvalue weighted by molar-refractivity contribution is 6.33. The lowest BCUT2D eigenvalue weighted by atomic mass is 9.99. The molecule has 1 unspecified atom stereocenters. The summed E-state index contributed by atoms with van der Waals surface area (Å²) in [4.78, 5) is 4.61. The van der Waals surface area contributed by atoms with E-state index in [1.54, 1.807) is 6.07 Å². The van der Waals surface area contributed by atoms with Crippen molar-refractivity contribution in [3.05, 3.63) is 62.9 Å². The topological polar surface area (TPSA) is 24.9 Å². The van der Waals surface area contributed by atoms with E-state index in [-0.39, 0.29) is 6.04 Å². The molecule has 0 fully saturated rings. The maximum Gasteiger partial charge on any atom is 0.0769 e. The summed E-state index contributed by atoms with van der Waals surface area (Å²) in [6, 6.07) is 7.65. The van der Waals surface area contributed by atoms with Crippen LogP contribution in [-0.4, -0.2) is 11.5 Å². The normalized spacial score (nSPS) is 12.4. The number of rotatable bonds is 5. The fourth-order valence-corrected chi connectivity index (χ4v) is 2.81. The molecule has 0 radical (unpaired) electrons. The standard InChI is InChI=1S/C17H20Cl2N2/c1-4-7-20-17(14-9-13(18)5-6-15(14)19)16-12(3)8-11(2)10-21-16/h5-6,8-10,17,20H,4,7H2,1-3H3. The van der Waals surface area contributed by atoms with E-state index < -0.39 is 0 Å². The minimum atomic E-state index is -0.0447. The van der Waals surface area contributed by atoms with Gasteiger partial charge in [-0.15, -0.1) is 0 Å². The van der Waals surface area contributed by atoms with Crippen LogP contribution in [0.4, 0.5) is 0 Å². The molecule has 0 aliphatic carbocycles. The Kier molecular flexibility index (Phi) is 5.63. The molecule has 0 aliphatic heterocycles. The molecule has 0 aliphatic rings. The van der Waals surface area contributed by atoms with E-state index in [9.17, 15) is 0 Å². The molecule has 2 rings (SSSR count). The maximum absolute atomic E-state index is 6.38. The molecule has 21 heavy (non-hydrogen) atoms. The molecule has 0 spiro atoms. The van der Waals surface area contributed by atoms with E-state index >= 15 is 0 Å². The van der Waals surface area contributed by atoms with Gasteiger partial charge in [0.2, 0.25) is 0 Å². The van der Waals surface area contributed by atoms with Gasteiger partial charge in [0.1, 0.15) is 0 Å². The zero-order chi connectivity index (χ0) is 15.4. The summed E-state index contributed by atoms with van der Waals surface area (Å²) in [6.07, 6.45) is 2.93. The van der Waals surface area contributed by atoms with Crippen molar-refractivity contribution in [2.75, 3.05) is 6.54 Å². The number of aromatic nitrogens is 1. The monoisotopic (exact) mass is 322 g/mol. The van der Waals surface area contributed by atoms with Crippen LogP contribution >= 0.6 is 23.2 Å². The van der Waals surface area contributed by atoms with Crippen molar-refractivity contribution in [3.8, 4) is 0 Å². The van der Waals surface area contributed by atoms with Crippen molar-refractivity contribution < 1.29 is 0 Å². The zero-order valence-electron chi connectivity index (χ0n) is 12.6. The van der Waals surface area contributed by atoms with E-state index in [0.717, 1.165) is 35.3 Å². The molecule has 1 aromatic heterocycles. The Balaban J connectivity index is 2.49. The maximum atomic E-state index is 6.38. The summed E-state index contributed by atoms with van der Waals surface area (Å²) in [5, 5.41) is 4.91. The van der Waals surface area contributed by atoms with Crippen LogP contribution in [0.3, 0.4) is 0 Å². The molecule has 1 atom stereocenters. The number of benzene rings is 1. The smallest absolute Gasteiger partial charge is 0.0769 e. The van der Waals surface area contributed by atoms with Gasteiger partial charge in [0, 0.05) is 16.2 Å². The van der Waals surface area contributed by atoms with Gasteiger partial charge in [-0.25, -0.2) is 0 Å². The predicted octanol–water partition coefficient (Wildman–Crippen LogP) is 5.09. The molecular weight excluding hydrogens is 303 g/mol. The lowest BCUT2D eigenvalue weighted by Gasteiger charge is -2.22. The third-order valence-corrected chi connectivity index (χ3v) is 3.98. The molecule has 1 N–H and O–H groups in total. The summed E-state index contributed by atoms with van der Waals surface area (Å²) in [5.74, 6) is 0. The fraction of sp³-hybridized carbons (Fsp3) is 0.353. The van der Waals surface area contributed by atoms with Gasteiger partial charge in [-0.3, -0.25) is 4.98 Å². The number of hydrogen-bond donors (Lipinski definition) is 1. The SMILES string of the molecule is CCCNC(c1cc(Cl)ccc1Cl)c1ncc(C)cc1C. The molecule has 0 bridgehead atoms. The van der Waals surface area contributed by atoms with Crippen LogP contribution in [0, 0.1) is 13.8 Å². The number of aryl methyl sites for hydroxylation is 2. The van der Waals surface area contributed by atoms with E-state index in [4.69, 9.17) is 23.2 Å². The molecule has 2 nitrogen and oxygen atoms in total. The van der Waals surface area contributed by atoms with Crippen molar-refractivity contribution in [2.45, 2.75) is 33.2 Å². The van der Waals surface area contributed by atoms with Crippen LogP contribution in [0.2, 0.25) is 10.0 Å². The average molecular weight is 323 g/mol. The lowest BCUT2D eigenvalue weighted by molar-refractivity contribution is 0.583. The number of nitrogens with one attached hydrogen (secondary N) is 1. The Bertz CT molecular complexity index is 626. The minimum absolute atomic E-state index is 0.0447. The van der Waals surface area contributed by atoms with Crippen LogP contribution in [0.25, 0.3) is 0 Å². The van der Waals surface area contributed by atoms with E-state index in [0.29, 0.717) is 10.0 Å². The molecule has 0 amide bonds. The van der Waals surface area contributed by atoms with Crippen molar-refractivity contribution in [1.29, 1.82) is 0 Å². The van der Waals surface area contributed by atoms with E-state index in [2.05, 4.69) is 30.2 Å². The first kappa shape index (κ1) is 16.3. The second-order valence-electron chi connectivity index (χ2n) is 5.27. The number of hydrogen-bond acceptors (Lipinski definition) is 2. The van der Waals surface area contributed by atoms with Crippen molar-refractivity contribution >= 4 is 23.2 Å². The quantitative estimate of drug-likeness (QED) is 0.828. The van der Waals surface area contributed by atoms with E-state index in [1.165, 1.54) is 0 Å². The molecule has 112 valence electrons. The second-order valence-corrected chi connectivity index (χ2v) is 6.11. The Morgan fingerprint density at radius 2 is 1.95 bits per heavy atom. The molecule has 0 saturated carbocycles. The molecule has 1 aromatic carbocycles. The summed E-state index contributed by atoms with van der Waals surface area (Å²) >= 11 is 12.5. The van der Waals surface area contributed by atoms with Crippen molar-refractivity contribution in [2.24, 2.45) is 0 Å². The summed E-state index contributed by atoms with van der Waals surface area (Å²) < 4.78 is 0. The highest BCUT2D eigenvalue weighted by Crippen LogP contribution is 2.31. The van der Waals surface area contributed by atoms with Gasteiger partial charge >= 0.3 is 0 Å². The minimum Gasteiger partial charge on any atom is -0.305 e. The van der Waals surface area contributed by atoms with Gasteiger partial charge in [0.05, 0.1) is 11.7 Å². The highest BCUT2D eigenvalue weighted by atomic mass is 35.5. The second kappa shape index (κ2) is 7.26. The Morgan fingerprint density at radius 1 is 1.19 bits per heavy atom. The van der Waals surface area contributed by atoms with Gasteiger partial charge in [-0.05, 0) is 61.7 Å². The van der Waals surface area contributed by atoms with Crippen LogP contribution in [0.1, 0.15) is 41.8 Å². The predicted molar refractivity (Wildman–Crippen MR) is 90.3 cm³/mol. The molecule has 4 heteroatoms. The van der Waals surface area contributed by atoms with Gasteiger partial charge in [-0.1, -0.05) is 36.2 Å². The molecule has 1 heterocycles. The lowest BCUT2D eigenvalue weighted by Crippen LogP contribution is -2.25. The van der Waals surface area contributed by atoms with Gasteiger partial charge in [-0.2, -0.15) is 0 Å². The largest absolute Gasteiger partial charge is 0.305 e. The van der Waals surface area contributed by atoms with Crippen LogP contribution in [0.15, 0.2) is 30.5 Å². The summed E-state index contributed by atoms with van der Waals surface area (Å²) in [5.41, 5.74) is 4.28. The van der Waals surface area contributed by atoms with Crippen LogP contribution in [-0.2, 0) is 0 Å². The summed E-state index contributed by atoms with van der Waals surface area (Å²) in [6.45, 7) is 7.15. The van der Waals surface area contributed by atoms with Crippen LogP contribution in [0.5, 0.6) is 0 Å². The highest BCUT2D eigenvalue weighted by Gasteiger charge is 2.20. The third-order valence-electron chi connectivity index (χ3n) is 3.40. The summed E-state index contributed by atoms with van der Waals surface area (Å²) in [7, 11) is 0. The Morgan fingerprint density at radius 3 is 2.62 bits per heavy atom. The molecular formula is C17H20Cl2N2. The third kappa shape index (κ3) is 3.97. The van der Waals surface area contributed by atoms with Crippen molar-refractivity contribution in [1.82, 2.24) is 10.3 Å².